The number of aliphatic carboxylic acids is 2. The van der Waals surface area contributed by atoms with Crippen molar-refractivity contribution in [2.45, 2.75) is 157 Å². The van der Waals surface area contributed by atoms with Crippen LogP contribution in [0.1, 0.15) is 122 Å². The molecule has 2 saturated heterocycles. The molecule has 2 heterocycles. The Labute approximate surface area is 461 Å². The number of nitrogens with two attached hydrogens (primary N) is 2. The summed E-state index contributed by atoms with van der Waals surface area (Å²) in [5, 5.41) is 44.5. The molecular formula is C56H90Cl2N8O10. The largest absolute Gasteiger partial charge is 0.478 e. The number of aliphatic hydroxyl groups excluding tert-OH is 2. The van der Waals surface area contributed by atoms with Crippen molar-refractivity contribution in [3.05, 3.63) is 70.7 Å². The summed E-state index contributed by atoms with van der Waals surface area (Å²) < 4.78 is 0. The molecule has 18 nitrogen and oxygen atoms in total. The van der Waals surface area contributed by atoms with Gasteiger partial charge in [0.05, 0.1) is 46.7 Å². The van der Waals surface area contributed by atoms with Crippen LogP contribution in [0, 0.1) is 22.7 Å². The lowest BCUT2D eigenvalue weighted by molar-refractivity contribution is -0.134. The minimum Gasteiger partial charge on any atom is -0.478 e. The highest BCUT2D eigenvalue weighted by atomic mass is 35.5. The van der Waals surface area contributed by atoms with Crippen molar-refractivity contribution in [3.63, 3.8) is 0 Å². The van der Waals surface area contributed by atoms with E-state index in [4.69, 9.17) is 44.9 Å². The first-order chi connectivity index (χ1) is 35.1. The van der Waals surface area contributed by atoms with Gasteiger partial charge in [0.1, 0.15) is 0 Å². The van der Waals surface area contributed by atoms with Crippen LogP contribution in [0.25, 0.3) is 0 Å². The van der Waals surface area contributed by atoms with Crippen molar-refractivity contribution < 1.29 is 49.2 Å². The van der Waals surface area contributed by atoms with Crippen LogP contribution in [0.15, 0.2) is 60.7 Å². The molecular weight excluding hydrogens is 1020 g/mol. The molecule has 2 fully saturated rings. The summed E-state index contributed by atoms with van der Waals surface area (Å²) in [5.41, 5.74) is 13.5. The number of piperazine rings is 2. The third-order valence-corrected chi connectivity index (χ3v) is 13.9. The van der Waals surface area contributed by atoms with Crippen LogP contribution in [0.5, 0.6) is 0 Å². The predicted molar refractivity (Wildman–Crippen MR) is 302 cm³/mol. The van der Waals surface area contributed by atoms with Gasteiger partial charge in [0.25, 0.3) is 0 Å². The molecule has 4 rings (SSSR count). The number of hydrogen-bond donors (Lipinski definition) is 8. The topological polar surface area (TPSA) is 272 Å². The third kappa shape index (κ3) is 23.1. The molecule has 6 atom stereocenters. The fraction of sp³-hybridized carbons (Fsp3) is 0.643. The SMILES string of the molecule is CCC[C@H](C[C@H](O)[C@@H](N)CN1CC(=O)N(c2ccccc2Cl)CC1(C)C)C(=O)NCC(C)(C)C.CCC[C@H](C[C@H](O)[C@@H](N)CN1CC(=O)N(c2ccccc2Cl)CC1(C)C)C(=O)NCC(C)(C)C.O=C(O)/C=C/C(=O)O. The van der Waals surface area contributed by atoms with Crippen molar-refractivity contribution in [3.8, 4) is 0 Å². The molecule has 2 aliphatic heterocycles. The van der Waals surface area contributed by atoms with E-state index < -0.39 is 36.2 Å². The van der Waals surface area contributed by atoms with E-state index in [9.17, 15) is 39.0 Å². The van der Waals surface area contributed by atoms with Crippen LogP contribution in [0.4, 0.5) is 11.4 Å². The first-order valence-corrected chi connectivity index (χ1v) is 27.0. The number of anilines is 2. The Bertz CT molecular complexity index is 2100. The maximum absolute atomic E-state index is 13.0. The number of nitrogens with zero attached hydrogens (tertiary/aromatic N) is 4. The van der Waals surface area contributed by atoms with Crippen LogP contribution in [0.2, 0.25) is 10.0 Å². The van der Waals surface area contributed by atoms with Gasteiger partial charge in [0.15, 0.2) is 0 Å². The lowest BCUT2D eigenvalue weighted by Gasteiger charge is -2.47. The smallest absolute Gasteiger partial charge is 0.328 e. The van der Waals surface area contributed by atoms with E-state index in [2.05, 4.69) is 79.9 Å². The molecule has 20 heteroatoms. The minimum atomic E-state index is -1.26. The maximum Gasteiger partial charge on any atom is 0.328 e. The van der Waals surface area contributed by atoms with Gasteiger partial charge in [-0.2, -0.15) is 0 Å². The van der Waals surface area contributed by atoms with Crippen molar-refractivity contribution in [2.75, 3.05) is 62.2 Å². The van der Waals surface area contributed by atoms with E-state index in [0.717, 1.165) is 12.8 Å². The second kappa shape index (κ2) is 30.5. The van der Waals surface area contributed by atoms with E-state index >= 15 is 0 Å². The summed E-state index contributed by atoms with van der Waals surface area (Å²) in [6.45, 7) is 27.9. The highest BCUT2D eigenvalue weighted by Gasteiger charge is 2.42. The highest BCUT2D eigenvalue weighted by Crippen LogP contribution is 2.33. The molecule has 2 aromatic rings. The van der Waals surface area contributed by atoms with Gasteiger partial charge < -0.3 is 52.3 Å². The minimum absolute atomic E-state index is 0.00825. The van der Waals surface area contributed by atoms with Crippen molar-refractivity contribution in [1.82, 2.24) is 20.4 Å². The van der Waals surface area contributed by atoms with Gasteiger partial charge in [-0.3, -0.25) is 29.0 Å². The Morgan fingerprint density at radius 2 is 0.947 bits per heavy atom. The Morgan fingerprint density at radius 3 is 1.22 bits per heavy atom. The number of hydrogen-bond acceptors (Lipinski definition) is 12. The van der Waals surface area contributed by atoms with Gasteiger partial charge in [-0.05, 0) is 88.5 Å². The number of carboxylic acids is 2. The maximum atomic E-state index is 13.0. The number of carbonyl (C=O) groups is 6. The van der Waals surface area contributed by atoms with Crippen molar-refractivity contribution in [1.29, 1.82) is 0 Å². The van der Waals surface area contributed by atoms with Crippen LogP contribution < -0.4 is 31.9 Å². The zero-order valence-electron chi connectivity index (χ0n) is 47.1. The number of rotatable bonds is 22. The summed E-state index contributed by atoms with van der Waals surface area (Å²) in [6, 6.07) is 13.5. The number of amides is 4. The first-order valence-electron chi connectivity index (χ1n) is 26.3. The van der Waals surface area contributed by atoms with E-state index in [-0.39, 0.29) is 70.5 Å². The van der Waals surface area contributed by atoms with E-state index in [1.54, 1.807) is 21.9 Å². The summed E-state index contributed by atoms with van der Waals surface area (Å²) in [6.07, 6.45) is 3.12. The molecule has 0 bridgehead atoms. The molecule has 0 radical (unpaired) electrons. The molecule has 10 N–H and O–H groups in total. The van der Waals surface area contributed by atoms with Gasteiger partial charge in [-0.25, -0.2) is 9.59 Å². The summed E-state index contributed by atoms with van der Waals surface area (Å²) >= 11 is 12.7. The van der Waals surface area contributed by atoms with Gasteiger partial charge in [-0.15, -0.1) is 0 Å². The number of halogens is 2. The number of benzene rings is 2. The quantitative estimate of drug-likeness (QED) is 0.0581. The number of para-hydroxylation sites is 2. The van der Waals surface area contributed by atoms with Crippen LogP contribution in [-0.2, 0) is 28.8 Å². The first kappa shape index (κ1) is 67.4. The van der Waals surface area contributed by atoms with E-state index in [1.807, 2.05) is 60.0 Å². The van der Waals surface area contributed by atoms with Crippen molar-refractivity contribution in [2.24, 2.45) is 34.1 Å². The summed E-state index contributed by atoms with van der Waals surface area (Å²) in [5.74, 6) is -3.28. The zero-order chi connectivity index (χ0) is 57.9. The second-order valence-corrected chi connectivity index (χ2v) is 24.5. The highest BCUT2D eigenvalue weighted by molar-refractivity contribution is 6.34. The second-order valence-electron chi connectivity index (χ2n) is 23.7. The Hall–Kier alpha value is -4.66. The van der Waals surface area contributed by atoms with Crippen LogP contribution in [-0.4, -0.2) is 154 Å². The number of carbonyl (C=O) groups excluding carboxylic acids is 4. The van der Waals surface area contributed by atoms with Crippen molar-refractivity contribution >= 4 is 70.1 Å². The molecule has 0 aromatic heterocycles. The van der Waals surface area contributed by atoms with Gasteiger partial charge in [0, 0.05) is 86.4 Å². The fourth-order valence-electron chi connectivity index (χ4n) is 8.71. The van der Waals surface area contributed by atoms with Gasteiger partial charge in [-0.1, -0.05) is 116 Å². The molecule has 0 saturated carbocycles. The van der Waals surface area contributed by atoms with E-state index in [0.29, 0.717) is 98.5 Å². The predicted octanol–water partition coefficient (Wildman–Crippen LogP) is 6.56. The molecule has 2 aromatic carbocycles. The normalized spacial score (nSPS) is 18.5. The number of nitrogens with one attached hydrogen (secondary N) is 2. The van der Waals surface area contributed by atoms with E-state index in [1.165, 1.54) is 0 Å². The average molecular weight is 1110 g/mol. The van der Waals surface area contributed by atoms with Gasteiger partial charge >= 0.3 is 11.9 Å². The number of carboxylic acid groups (broad SMARTS) is 2. The zero-order valence-corrected chi connectivity index (χ0v) is 48.6. The average Bonchev–Trinajstić information content (AvgIpc) is 3.31. The molecule has 0 aliphatic carbocycles. The Morgan fingerprint density at radius 1 is 0.632 bits per heavy atom. The lowest BCUT2D eigenvalue weighted by atomic mass is 9.90. The molecule has 4 amide bonds. The monoisotopic (exact) mass is 1100 g/mol. The van der Waals surface area contributed by atoms with Crippen LogP contribution in [0.3, 0.4) is 0 Å². The Kier molecular flexibility index (Phi) is 27.0. The molecule has 0 spiro atoms. The standard InChI is InChI=1S/2C26H43ClN4O3.C4H4O4/c2*1-7-10-18(24(34)29-16-25(2,3)4)13-22(32)20(28)14-30-15-23(33)31(17-26(30,5)6)21-12-9-8-11-19(21)27;5-3(6)1-2-4(7)8/h2*8-9,11-12,18,20,22,32H,7,10,13-17,28H2,1-6H3,(H,29,34);1-2H,(H,5,6)(H,7,8)/b;;2-1+/t2*18-,20+,22+;/m11./s1. The summed E-state index contributed by atoms with van der Waals surface area (Å²) in [7, 11) is 0. The van der Waals surface area contributed by atoms with Gasteiger partial charge in [0.2, 0.25) is 23.6 Å². The Balaban J connectivity index is 0.000000454. The van der Waals surface area contributed by atoms with Crippen LogP contribution >= 0.6 is 23.2 Å². The molecule has 2 aliphatic rings. The molecule has 76 heavy (non-hydrogen) atoms. The number of aliphatic hydroxyl groups is 2. The fourth-order valence-corrected chi connectivity index (χ4v) is 9.18. The summed E-state index contributed by atoms with van der Waals surface area (Å²) in [4.78, 5) is 78.0. The third-order valence-electron chi connectivity index (χ3n) is 13.2. The molecule has 428 valence electrons. The lowest BCUT2D eigenvalue weighted by Crippen LogP contribution is -2.64. The molecule has 0 unspecified atom stereocenters.